The molecule has 2 aliphatic carbocycles. The van der Waals surface area contributed by atoms with E-state index in [1.165, 1.54) is 76.2 Å². The molecule has 0 radical (unpaired) electrons. The number of ether oxygens (including phenoxy) is 1. The summed E-state index contributed by atoms with van der Waals surface area (Å²) < 4.78 is 29.5. The molecule has 2 saturated carbocycles. The SMILES string of the molecule is CCCCCCC1CCC2CC(c3ccc4cc(OC(F)F)ccc4c3)CCC2C1. The Morgan fingerprint density at radius 1 is 0.867 bits per heavy atom. The summed E-state index contributed by atoms with van der Waals surface area (Å²) in [7, 11) is 0. The van der Waals surface area contributed by atoms with E-state index < -0.39 is 6.61 Å². The maximum absolute atomic E-state index is 12.5. The third-order valence-corrected chi connectivity index (χ3v) is 7.72. The summed E-state index contributed by atoms with van der Waals surface area (Å²) in [5, 5.41) is 2.08. The fraction of sp³-hybridized carbons (Fsp3) is 0.630. The summed E-state index contributed by atoms with van der Waals surface area (Å²) in [6, 6.07) is 11.8. The number of fused-ring (bicyclic) bond motifs is 2. The first kappa shape index (κ1) is 21.6. The normalized spacial score (nSPS) is 26.7. The third-order valence-electron chi connectivity index (χ3n) is 7.72. The van der Waals surface area contributed by atoms with E-state index in [-0.39, 0.29) is 5.75 Å². The van der Waals surface area contributed by atoms with Gasteiger partial charge in [-0.05, 0) is 84.2 Å². The minimum Gasteiger partial charge on any atom is -0.435 e. The van der Waals surface area contributed by atoms with Crippen molar-refractivity contribution < 1.29 is 13.5 Å². The summed E-state index contributed by atoms with van der Waals surface area (Å²) >= 11 is 0. The second-order valence-corrected chi connectivity index (χ2v) is 9.71. The van der Waals surface area contributed by atoms with Crippen LogP contribution in [0, 0.1) is 17.8 Å². The minimum atomic E-state index is -2.77. The molecule has 0 aliphatic heterocycles. The first-order valence-corrected chi connectivity index (χ1v) is 12.1. The number of halogens is 2. The van der Waals surface area contributed by atoms with Crippen molar-refractivity contribution in [2.24, 2.45) is 17.8 Å². The second-order valence-electron chi connectivity index (χ2n) is 9.71. The van der Waals surface area contributed by atoms with Crippen LogP contribution in [-0.2, 0) is 0 Å². The van der Waals surface area contributed by atoms with Gasteiger partial charge in [0.05, 0.1) is 0 Å². The number of hydrogen-bond donors (Lipinski definition) is 0. The van der Waals surface area contributed by atoms with E-state index in [0.717, 1.165) is 28.5 Å². The summed E-state index contributed by atoms with van der Waals surface area (Å²) in [6.07, 6.45) is 15.3. The van der Waals surface area contributed by atoms with E-state index in [9.17, 15) is 8.78 Å². The van der Waals surface area contributed by atoms with Crippen LogP contribution in [-0.4, -0.2) is 6.61 Å². The number of rotatable bonds is 8. The largest absolute Gasteiger partial charge is 0.435 e. The Hall–Kier alpha value is -1.64. The van der Waals surface area contributed by atoms with Crippen molar-refractivity contribution in [1.82, 2.24) is 0 Å². The Morgan fingerprint density at radius 2 is 1.63 bits per heavy atom. The van der Waals surface area contributed by atoms with Crippen molar-refractivity contribution in [2.75, 3.05) is 0 Å². The molecule has 2 aromatic carbocycles. The molecule has 4 unspecified atom stereocenters. The van der Waals surface area contributed by atoms with E-state index in [0.29, 0.717) is 5.92 Å². The highest BCUT2D eigenvalue weighted by molar-refractivity contribution is 5.84. The average molecular weight is 415 g/mol. The van der Waals surface area contributed by atoms with Gasteiger partial charge in [0.2, 0.25) is 0 Å². The van der Waals surface area contributed by atoms with Crippen molar-refractivity contribution in [2.45, 2.75) is 90.1 Å². The fourth-order valence-corrected chi connectivity index (χ4v) is 6.08. The lowest BCUT2D eigenvalue weighted by Gasteiger charge is -2.42. The molecule has 0 aromatic heterocycles. The minimum absolute atomic E-state index is 0.234. The molecule has 2 aromatic rings. The molecule has 164 valence electrons. The van der Waals surface area contributed by atoms with Crippen molar-refractivity contribution in [3.63, 3.8) is 0 Å². The van der Waals surface area contributed by atoms with Crippen LogP contribution < -0.4 is 4.74 Å². The van der Waals surface area contributed by atoms with Gasteiger partial charge in [0.25, 0.3) is 0 Å². The predicted octanol–water partition coefficient (Wildman–Crippen LogP) is 8.71. The Morgan fingerprint density at radius 3 is 2.47 bits per heavy atom. The number of unbranched alkanes of at least 4 members (excludes halogenated alkanes) is 3. The lowest BCUT2D eigenvalue weighted by Crippen LogP contribution is -2.30. The Labute approximate surface area is 180 Å². The zero-order chi connectivity index (χ0) is 20.9. The van der Waals surface area contributed by atoms with Crippen LogP contribution >= 0.6 is 0 Å². The van der Waals surface area contributed by atoms with E-state index in [4.69, 9.17) is 0 Å². The molecule has 2 aliphatic rings. The first-order chi connectivity index (χ1) is 14.6. The predicted molar refractivity (Wildman–Crippen MR) is 120 cm³/mol. The molecule has 0 amide bonds. The molecular formula is C27H36F2O. The highest BCUT2D eigenvalue weighted by atomic mass is 19.3. The van der Waals surface area contributed by atoms with Crippen LogP contribution in [0.5, 0.6) is 5.75 Å². The Bertz CT molecular complexity index is 818. The van der Waals surface area contributed by atoms with Gasteiger partial charge in [-0.25, -0.2) is 0 Å². The monoisotopic (exact) mass is 414 g/mol. The van der Waals surface area contributed by atoms with Gasteiger partial charge in [0.15, 0.2) is 0 Å². The quantitative estimate of drug-likeness (QED) is 0.392. The Kier molecular flexibility index (Phi) is 7.28. The number of alkyl halides is 2. The molecule has 4 rings (SSSR count). The average Bonchev–Trinajstić information content (AvgIpc) is 2.75. The summed E-state index contributed by atoms with van der Waals surface area (Å²) in [6.45, 7) is -0.485. The van der Waals surface area contributed by atoms with E-state index >= 15 is 0 Å². The van der Waals surface area contributed by atoms with E-state index in [1.54, 1.807) is 12.1 Å². The highest BCUT2D eigenvalue weighted by Crippen LogP contribution is 2.48. The maximum atomic E-state index is 12.5. The van der Waals surface area contributed by atoms with E-state index in [2.05, 4.69) is 29.9 Å². The molecule has 0 saturated heterocycles. The van der Waals surface area contributed by atoms with Crippen LogP contribution in [0.4, 0.5) is 8.78 Å². The van der Waals surface area contributed by atoms with Gasteiger partial charge in [-0.1, -0.05) is 69.7 Å². The van der Waals surface area contributed by atoms with Crippen LogP contribution in [0.15, 0.2) is 36.4 Å². The molecule has 30 heavy (non-hydrogen) atoms. The lowest BCUT2D eigenvalue weighted by atomic mass is 9.63. The molecule has 3 heteroatoms. The zero-order valence-corrected chi connectivity index (χ0v) is 18.3. The molecule has 0 heterocycles. The fourth-order valence-electron chi connectivity index (χ4n) is 6.08. The number of hydrogen-bond acceptors (Lipinski definition) is 1. The van der Waals surface area contributed by atoms with Gasteiger partial charge < -0.3 is 4.74 Å². The van der Waals surface area contributed by atoms with Gasteiger partial charge in [0, 0.05) is 0 Å². The number of benzene rings is 2. The van der Waals surface area contributed by atoms with Gasteiger partial charge in [-0.15, -0.1) is 0 Å². The van der Waals surface area contributed by atoms with Crippen LogP contribution in [0.2, 0.25) is 0 Å². The second kappa shape index (κ2) is 10.1. The molecule has 1 nitrogen and oxygen atoms in total. The van der Waals surface area contributed by atoms with Crippen LogP contribution in [0.25, 0.3) is 10.8 Å². The van der Waals surface area contributed by atoms with Gasteiger partial charge >= 0.3 is 6.61 Å². The van der Waals surface area contributed by atoms with Gasteiger partial charge in [-0.2, -0.15) is 8.78 Å². The summed E-state index contributed by atoms with van der Waals surface area (Å²) in [5.74, 6) is 3.70. The lowest BCUT2D eigenvalue weighted by molar-refractivity contribution is -0.0497. The highest BCUT2D eigenvalue weighted by Gasteiger charge is 2.35. The zero-order valence-electron chi connectivity index (χ0n) is 18.3. The molecular weight excluding hydrogens is 378 g/mol. The van der Waals surface area contributed by atoms with Gasteiger partial charge in [-0.3, -0.25) is 0 Å². The molecule has 0 bridgehead atoms. The van der Waals surface area contributed by atoms with E-state index in [1.807, 2.05) is 6.07 Å². The molecule has 0 spiro atoms. The third kappa shape index (κ3) is 5.34. The van der Waals surface area contributed by atoms with Gasteiger partial charge in [0.1, 0.15) is 5.75 Å². The standard InChI is InChI=1S/C27H36F2O/c1-2-3-4-5-6-19-7-8-21-16-22(10-9-20(21)15-19)23-11-12-25-18-26(30-27(28)29)14-13-24(25)17-23/h11-14,17-22,27H,2-10,15-16H2,1H3. The van der Waals surface area contributed by atoms with Crippen molar-refractivity contribution >= 4 is 10.8 Å². The van der Waals surface area contributed by atoms with Crippen molar-refractivity contribution in [3.05, 3.63) is 42.0 Å². The smallest absolute Gasteiger partial charge is 0.387 e. The molecule has 2 fully saturated rings. The van der Waals surface area contributed by atoms with Crippen molar-refractivity contribution in [1.29, 1.82) is 0 Å². The summed E-state index contributed by atoms with van der Waals surface area (Å²) in [5.41, 5.74) is 1.42. The molecule has 0 N–H and O–H groups in total. The summed E-state index contributed by atoms with van der Waals surface area (Å²) in [4.78, 5) is 0. The molecule has 4 atom stereocenters. The topological polar surface area (TPSA) is 9.23 Å². The van der Waals surface area contributed by atoms with Crippen LogP contribution in [0.1, 0.15) is 89.0 Å². The maximum Gasteiger partial charge on any atom is 0.387 e. The first-order valence-electron chi connectivity index (χ1n) is 12.1. The Balaban J connectivity index is 1.35. The van der Waals surface area contributed by atoms with Crippen LogP contribution in [0.3, 0.4) is 0 Å². The van der Waals surface area contributed by atoms with Crippen molar-refractivity contribution in [3.8, 4) is 5.75 Å².